The van der Waals surface area contributed by atoms with Crippen molar-refractivity contribution in [1.82, 2.24) is 9.80 Å². The maximum atomic E-state index is 9.20. The van der Waals surface area contributed by atoms with Crippen LogP contribution in [-0.4, -0.2) is 55.7 Å². The number of piperazine rings is 1. The predicted molar refractivity (Wildman–Crippen MR) is 145 cm³/mol. The van der Waals surface area contributed by atoms with Crippen molar-refractivity contribution in [1.29, 1.82) is 5.26 Å². The Balaban J connectivity index is 1.46. The second-order valence-electron chi connectivity index (χ2n) is 10.3. The molecule has 0 amide bonds. The zero-order valence-electron chi connectivity index (χ0n) is 22.2. The van der Waals surface area contributed by atoms with Crippen LogP contribution in [-0.2, 0) is 0 Å². The molecule has 184 valence electrons. The van der Waals surface area contributed by atoms with Crippen molar-refractivity contribution in [3.63, 3.8) is 0 Å². The molecular weight excluding hydrogens is 416 g/mol. The summed E-state index contributed by atoms with van der Waals surface area (Å²) < 4.78 is 0. The van der Waals surface area contributed by atoms with Crippen molar-refractivity contribution in [2.75, 3.05) is 44.7 Å². The maximum absolute atomic E-state index is 9.20. The van der Waals surface area contributed by atoms with E-state index in [-0.39, 0.29) is 0 Å². The van der Waals surface area contributed by atoms with E-state index in [0.29, 0.717) is 18.0 Å². The first-order chi connectivity index (χ1) is 16.3. The summed E-state index contributed by atoms with van der Waals surface area (Å²) in [6.45, 7) is 16.9. The summed E-state index contributed by atoms with van der Waals surface area (Å²) >= 11 is 0. The Morgan fingerprint density at radius 2 is 1.74 bits per heavy atom. The Morgan fingerprint density at radius 3 is 2.35 bits per heavy atom. The number of nitrogens with zero attached hydrogens (tertiary/aromatic N) is 4. The SMILES string of the molecule is CCC(CCCN1CCN(C(C)N(C)c2cccc(C(C)C)c2)CC1)c1ccc(C#N)c(C)c1. The van der Waals surface area contributed by atoms with Crippen molar-refractivity contribution in [2.24, 2.45) is 0 Å². The quantitative estimate of drug-likeness (QED) is 0.413. The van der Waals surface area contributed by atoms with Crippen LogP contribution in [0.2, 0.25) is 0 Å². The zero-order valence-corrected chi connectivity index (χ0v) is 22.2. The first kappa shape index (κ1) is 26.3. The third kappa shape index (κ3) is 6.62. The van der Waals surface area contributed by atoms with E-state index in [1.54, 1.807) is 0 Å². The molecule has 1 heterocycles. The van der Waals surface area contributed by atoms with Crippen LogP contribution < -0.4 is 4.90 Å². The number of hydrogen-bond donors (Lipinski definition) is 0. The van der Waals surface area contributed by atoms with Crippen molar-refractivity contribution in [3.8, 4) is 6.07 Å². The van der Waals surface area contributed by atoms with E-state index in [1.165, 1.54) is 36.2 Å². The van der Waals surface area contributed by atoms with Gasteiger partial charge < -0.3 is 9.80 Å². The second-order valence-corrected chi connectivity index (χ2v) is 10.3. The van der Waals surface area contributed by atoms with E-state index in [2.05, 4.69) is 91.9 Å². The molecule has 2 atom stereocenters. The molecule has 0 aromatic heterocycles. The largest absolute Gasteiger partial charge is 0.359 e. The molecule has 0 spiro atoms. The standard InChI is InChI=1S/C30H44N4/c1-7-26(28-13-14-29(22-31)24(4)20-28)11-9-15-33-16-18-34(19-17-33)25(5)32(6)30-12-8-10-27(21-30)23(2)3/h8,10,12-14,20-21,23,25-26H,7,9,11,15-19H2,1-6H3. The number of hydrogen-bond acceptors (Lipinski definition) is 4. The maximum Gasteiger partial charge on any atom is 0.0994 e. The van der Waals surface area contributed by atoms with E-state index in [9.17, 15) is 5.26 Å². The molecule has 34 heavy (non-hydrogen) atoms. The van der Waals surface area contributed by atoms with Gasteiger partial charge in [0.2, 0.25) is 0 Å². The first-order valence-electron chi connectivity index (χ1n) is 13.1. The smallest absolute Gasteiger partial charge is 0.0994 e. The second kappa shape index (κ2) is 12.4. The van der Waals surface area contributed by atoms with Crippen molar-refractivity contribution in [3.05, 3.63) is 64.7 Å². The molecule has 4 heteroatoms. The van der Waals surface area contributed by atoms with Crippen molar-refractivity contribution in [2.45, 2.75) is 71.9 Å². The number of nitriles is 1. The lowest BCUT2D eigenvalue weighted by molar-refractivity contribution is 0.101. The monoisotopic (exact) mass is 460 g/mol. The summed E-state index contributed by atoms with van der Waals surface area (Å²) in [6, 6.07) is 17.7. The lowest BCUT2D eigenvalue weighted by Gasteiger charge is -2.42. The van der Waals surface area contributed by atoms with Gasteiger partial charge in [-0.1, -0.05) is 45.0 Å². The zero-order chi connectivity index (χ0) is 24.7. The van der Waals surface area contributed by atoms with Crippen LogP contribution in [0, 0.1) is 18.3 Å². The van der Waals surface area contributed by atoms with Crippen LogP contribution >= 0.6 is 0 Å². The van der Waals surface area contributed by atoms with Crippen molar-refractivity contribution < 1.29 is 0 Å². The van der Waals surface area contributed by atoms with Crippen molar-refractivity contribution >= 4 is 5.69 Å². The lowest BCUT2D eigenvalue weighted by Crippen LogP contribution is -2.54. The highest BCUT2D eigenvalue weighted by atomic mass is 15.4. The molecule has 1 aliphatic heterocycles. The van der Waals surface area contributed by atoms with Gasteiger partial charge in [-0.05, 0) is 86.4 Å². The Hall–Kier alpha value is -2.35. The molecular formula is C30H44N4. The topological polar surface area (TPSA) is 33.5 Å². The number of aryl methyl sites for hydroxylation is 1. The molecule has 1 aliphatic rings. The molecule has 2 aromatic rings. The van der Waals surface area contributed by atoms with Crippen LogP contribution in [0.1, 0.15) is 81.0 Å². The normalized spacial score (nSPS) is 16.9. The third-order valence-electron chi connectivity index (χ3n) is 7.80. The minimum absolute atomic E-state index is 0.397. The van der Waals surface area contributed by atoms with Crippen LogP contribution in [0.4, 0.5) is 5.69 Å². The molecule has 0 bridgehead atoms. The van der Waals surface area contributed by atoms with E-state index >= 15 is 0 Å². The highest BCUT2D eigenvalue weighted by Gasteiger charge is 2.24. The van der Waals surface area contributed by atoms with Crippen LogP contribution in [0.5, 0.6) is 0 Å². The fourth-order valence-corrected chi connectivity index (χ4v) is 5.16. The highest BCUT2D eigenvalue weighted by molar-refractivity contribution is 5.49. The molecule has 3 rings (SSSR count). The number of benzene rings is 2. The third-order valence-corrected chi connectivity index (χ3v) is 7.80. The Morgan fingerprint density at radius 1 is 1.00 bits per heavy atom. The van der Waals surface area contributed by atoms with Gasteiger partial charge in [-0.3, -0.25) is 4.90 Å². The van der Waals surface area contributed by atoms with Crippen LogP contribution in [0.3, 0.4) is 0 Å². The Kier molecular flexibility index (Phi) is 9.56. The van der Waals surface area contributed by atoms with E-state index < -0.39 is 0 Å². The van der Waals surface area contributed by atoms with Gasteiger partial charge in [0.25, 0.3) is 0 Å². The summed E-state index contributed by atoms with van der Waals surface area (Å²) in [6.07, 6.45) is 4.00. The van der Waals surface area contributed by atoms with Gasteiger partial charge in [-0.25, -0.2) is 0 Å². The average molecular weight is 461 g/mol. The number of anilines is 1. The van der Waals surface area contributed by atoms with E-state index in [1.807, 2.05) is 13.0 Å². The molecule has 2 aromatic carbocycles. The Labute approximate surface area is 208 Å². The molecule has 0 N–H and O–H groups in total. The van der Waals surface area contributed by atoms with Gasteiger partial charge in [0, 0.05) is 38.9 Å². The minimum Gasteiger partial charge on any atom is -0.359 e. The van der Waals surface area contributed by atoms with Gasteiger partial charge >= 0.3 is 0 Å². The average Bonchev–Trinajstić information content (AvgIpc) is 2.86. The van der Waals surface area contributed by atoms with E-state index in [4.69, 9.17) is 0 Å². The summed E-state index contributed by atoms with van der Waals surface area (Å²) in [5, 5.41) is 9.20. The van der Waals surface area contributed by atoms with Crippen LogP contribution in [0.25, 0.3) is 0 Å². The van der Waals surface area contributed by atoms with Gasteiger partial charge in [0.1, 0.15) is 0 Å². The molecule has 0 saturated carbocycles. The fourth-order valence-electron chi connectivity index (χ4n) is 5.16. The fraction of sp³-hybridized carbons (Fsp3) is 0.567. The highest BCUT2D eigenvalue weighted by Crippen LogP contribution is 2.27. The molecule has 4 nitrogen and oxygen atoms in total. The molecule has 1 saturated heterocycles. The van der Waals surface area contributed by atoms with Gasteiger partial charge in [0.05, 0.1) is 17.8 Å². The molecule has 1 fully saturated rings. The van der Waals surface area contributed by atoms with Gasteiger partial charge in [0.15, 0.2) is 0 Å². The minimum atomic E-state index is 0.397. The Bertz CT molecular complexity index is 953. The number of rotatable bonds is 10. The molecule has 0 radical (unpaired) electrons. The van der Waals surface area contributed by atoms with Crippen LogP contribution in [0.15, 0.2) is 42.5 Å². The lowest BCUT2D eigenvalue weighted by atomic mass is 9.90. The molecule has 2 unspecified atom stereocenters. The molecule has 0 aliphatic carbocycles. The van der Waals surface area contributed by atoms with Gasteiger partial charge in [-0.2, -0.15) is 5.26 Å². The summed E-state index contributed by atoms with van der Waals surface area (Å²) in [7, 11) is 2.23. The summed E-state index contributed by atoms with van der Waals surface area (Å²) in [4.78, 5) is 7.68. The summed E-state index contributed by atoms with van der Waals surface area (Å²) in [5.41, 5.74) is 6.00. The first-order valence-corrected chi connectivity index (χ1v) is 13.1. The van der Waals surface area contributed by atoms with Gasteiger partial charge in [-0.15, -0.1) is 0 Å². The van der Waals surface area contributed by atoms with E-state index in [0.717, 1.165) is 43.7 Å². The summed E-state index contributed by atoms with van der Waals surface area (Å²) in [5.74, 6) is 1.14. The predicted octanol–water partition coefficient (Wildman–Crippen LogP) is 6.36.